The van der Waals surface area contributed by atoms with Crippen LogP contribution in [0.15, 0.2) is 146 Å². The van der Waals surface area contributed by atoms with Crippen molar-refractivity contribution in [2.45, 2.75) is 20.8 Å². The summed E-state index contributed by atoms with van der Waals surface area (Å²) in [7, 11) is 0. The summed E-state index contributed by atoms with van der Waals surface area (Å²) in [4.78, 5) is 10.8. The molecule has 4 nitrogen and oxygen atoms in total. The first-order valence-electron chi connectivity index (χ1n) is 15.7. The number of furan rings is 2. The number of allylic oxidation sites excluding steroid dienone is 1. The summed E-state index contributed by atoms with van der Waals surface area (Å²) < 4.78 is 12.9. The SMILES string of the molecule is CC1=C(c2ccc3ccccc3c2)N=C(c2ccc3c(c2)oc2ccccc23)N=C(c2ccc(C)c3c2oc2ccccc23)C1C. The number of aliphatic imine (C=N–C) groups is 2. The van der Waals surface area contributed by atoms with E-state index in [9.17, 15) is 0 Å². The highest BCUT2D eigenvalue weighted by molar-refractivity contribution is 6.23. The van der Waals surface area contributed by atoms with E-state index in [2.05, 4.69) is 112 Å². The van der Waals surface area contributed by atoms with Gasteiger partial charge in [0.05, 0.1) is 11.4 Å². The summed E-state index contributed by atoms with van der Waals surface area (Å²) in [6.07, 6.45) is 0. The second kappa shape index (κ2) is 10.1. The molecule has 8 aromatic rings. The molecule has 0 radical (unpaired) electrons. The van der Waals surface area contributed by atoms with Gasteiger partial charge < -0.3 is 8.83 Å². The Morgan fingerprint density at radius 1 is 0.565 bits per heavy atom. The zero-order valence-electron chi connectivity index (χ0n) is 25.8. The molecular formula is C42H30N2O2. The molecule has 0 bridgehead atoms. The molecule has 1 aliphatic heterocycles. The monoisotopic (exact) mass is 594 g/mol. The van der Waals surface area contributed by atoms with Crippen LogP contribution in [0.25, 0.3) is 60.3 Å². The van der Waals surface area contributed by atoms with Crippen LogP contribution in [0, 0.1) is 12.8 Å². The average Bonchev–Trinajstić information content (AvgIpc) is 3.63. The largest absolute Gasteiger partial charge is 0.456 e. The average molecular weight is 595 g/mol. The molecule has 1 aliphatic rings. The predicted molar refractivity (Wildman–Crippen MR) is 191 cm³/mol. The van der Waals surface area contributed by atoms with Crippen LogP contribution in [0.5, 0.6) is 0 Å². The van der Waals surface area contributed by atoms with Crippen molar-refractivity contribution in [3.63, 3.8) is 0 Å². The van der Waals surface area contributed by atoms with Crippen LogP contribution in [0.3, 0.4) is 0 Å². The predicted octanol–water partition coefficient (Wildman–Crippen LogP) is 11.3. The van der Waals surface area contributed by atoms with Crippen LogP contribution in [0.1, 0.15) is 36.1 Å². The third-order valence-corrected chi connectivity index (χ3v) is 9.55. The summed E-state index contributed by atoms with van der Waals surface area (Å²) in [6.45, 7) is 6.55. The van der Waals surface area contributed by atoms with E-state index in [0.717, 1.165) is 77.5 Å². The van der Waals surface area contributed by atoms with E-state index in [1.807, 2.05) is 30.3 Å². The Balaban J connectivity index is 1.30. The maximum atomic E-state index is 6.58. The lowest BCUT2D eigenvalue weighted by molar-refractivity contribution is 0.667. The van der Waals surface area contributed by atoms with E-state index in [-0.39, 0.29) is 5.92 Å². The van der Waals surface area contributed by atoms with Crippen molar-refractivity contribution in [3.8, 4) is 0 Å². The maximum Gasteiger partial charge on any atom is 0.160 e. The Bertz CT molecular complexity index is 2630. The highest BCUT2D eigenvalue weighted by atomic mass is 16.3. The fourth-order valence-electron chi connectivity index (χ4n) is 6.95. The second-order valence-electron chi connectivity index (χ2n) is 12.3. The molecule has 0 spiro atoms. The second-order valence-corrected chi connectivity index (χ2v) is 12.3. The first-order chi connectivity index (χ1) is 22.5. The van der Waals surface area contributed by atoms with Gasteiger partial charge in [-0.2, -0.15) is 0 Å². The number of rotatable bonds is 3. The van der Waals surface area contributed by atoms with E-state index in [0.29, 0.717) is 5.84 Å². The van der Waals surface area contributed by atoms with Crippen LogP contribution >= 0.6 is 0 Å². The van der Waals surface area contributed by atoms with Gasteiger partial charge in [-0.15, -0.1) is 0 Å². The van der Waals surface area contributed by atoms with Gasteiger partial charge >= 0.3 is 0 Å². The molecule has 3 heterocycles. The van der Waals surface area contributed by atoms with Gasteiger partial charge in [-0.05, 0) is 72.2 Å². The van der Waals surface area contributed by atoms with Crippen molar-refractivity contribution in [1.82, 2.24) is 0 Å². The van der Waals surface area contributed by atoms with Crippen molar-refractivity contribution >= 4 is 71.9 Å². The zero-order valence-corrected chi connectivity index (χ0v) is 25.8. The van der Waals surface area contributed by atoms with Gasteiger partial charge in [0.2, 0.25) is 0 Å². The molecule has 0 aliphatic carbocycles. The number of amidine groups is 1. The minimum Gasteiger partial charge on any atom is -0.456 e. The van der Waals surface area contributed by atoms with Gasteiger partial charge in [0.15, 0.2) is 5.84 Å². The molecule has 0 saturated carbocycles. The van der Waals surface area contributed by atoms with Crippen LogP contribution < -0.4 is 0 Å². The van der Waals surface area contributed by atoms with E-state index < -0.39 is 0 Å². The summed E-state index contributed by atoms with van der Waals surface area (Å²) >= 11 is 0. The molecule has 9 rings (SSSR count). The lowest BCUT2D eigenvalue weighted by atomic mass is 9.88. The molecule has 4 heteroatoms. The van der Waals surface area contributed by atoms with E-state index in [1.54, 1.807) is 0 Å². The quantitative estimate of drug-likeness (QED) is 0.204. The van der Waals surface area contributed by atoms with Gasteiger partial charge in [-0.25, -0.2) is 9.98 Å². The molecule has 1 unspecified atom stereocenters. The van der Waals surface area contributed by atoms with Crippen LogP contribution in [-0.2, 0) is 0 Å². The van der Waals surface area contributed by atoms with Crippen molar-refractivity contribution in [2.75, 3.05) is 0 Å². The fraction of sp³-hybridized carbons (Fsp3) is 0.0952. The van der Waals surface area contributed by atoms with Gasteiger partial charge in [0, 0.05) is 44.2 Å². The third-order valence-electron chi connectivity index (χ3n) is 9.55. The van der Waals surface area contributed by atoms with E-state index in [1.165, 1.54) is 16.3 Å². The number of para-hydroxylation sites is 2. The molecule has 2 aromatic heterocycles. The Morgan fingerprint density at radius 3 is 2.11 bits per heavy atom. The molecule has 0 fully saturated rings. The Hall–Kier alpha value is -5.74. The molecule has 1 atom stereocenters. The van der Waals surface area contributed by atoms with Crippen molar-refractivity contribution in [2.24, 2.45) is 15.9 Å². The number of hydrogen-bond donors (Lipinski definition) is 0. The van der Waals surface area contributed by atoms with E-state index >= 15 is 0 Å². The zero-order chi connectivity index (χ0) is 30.9. The number of nitrogens with zero attached hydrogens (tertiary/aromatic N) is 2. The van der Waals surface area contributed by atoms with Gasteiger partial charge in [0.1, 0.15) is 22.3 Å². The third kappa shape index (κ3) is 4.07. The molecule has 0 saturated heterocycles. The molecule has 46 heavy (non-hydrogen) atoms. The van der Waals surface area contributed by atoms with Crippen molar-refractivity contribution in [1.29, 1.82) is 0 Å². The molecule has 0 amide bonds. The first-order valence-corrected chi connectivity index (χ1v) is 15.7. The van der Waals surface area contributed by atoms with Crippen LogP contribution in [0.4, 0.5) is 0 Å². The van der Waals surface area contributed by atoms with Crippen LogP contribution in [-0.4, -0.2) is 11.5 Å². The highest BCUT2D eigenvalue weighted by Crippen LogP contribution is 2.38. The number of fused-ring (bicyclic) bond motifs is 7. The lowest BCUT2D eigenvalue weighted by Gasteiger charge is -2.17. The molecule has 220 valence electrons. The normalized spacial score (nSPS) is 15.7. The number of aryl methyl sites for hydroxylation is 1. The number of hydrogen-bond acceptors (Lipinski definition) is 4. The van der Waals surface area contributed by atoms with Crippen LogP contribution in [0.2, 0.25) is 0 Å². The van der Waals surface area contributed by atoms with Gasteiger partial charge in [0.25, 0.3) is 0 Å². The summed E-state index contributed by atoms with van der Waals surface area (Å²) in [5, 5.41) is 6.81. The first kappa shape index (κ1) is 26.6. The minimum atomic E-state index is -0.0308. The molecular weight excluding hydrogens is 564 g/mol. The van der Waals surface area contributed by atoms with Crippen molar-refractivity contribution in [3.05, 3.63) is 149 Å². The van der Waals surface area contributed by atoms with E-state index in [4.69, 9.17) is 18.8 Å². The Morgan fingerprint density at radius 2 is 1.26 bits per heavy atom. The van der Waals surface area contributed by atoms with Crippen molar-refractivity contribution < 1.29 is 8.83 Å². The number of benzene rings is 6. The molecule has 6 aromatic carbocycles. The smallest absolute Gasteiger partial charge is 0.160 e. The molecule has 0 N–H and O–H groups in total. The lowest BCUT2D eigenvalue weighted by Crippen LogP contribution is -2.16. The Kier molecular flexibility index (Phi) is 5.88. The maximum absolute atomic E-state index is 6.58. The summed E-state index contributed by atoms with van der Waals surface area (Å²) in [6, 6.07) is 42.1. The van der Waals surface area contributed by atoms with Gasteiger partial charge in [-0.3, -0.25) is 0 Å². The standard InChI is InChI=1S/C42H30N2O2/c1-24-16-20-34(41-38(24)33-13-7-9-15-36(33)46-41)40-26(3)25(2)39(29-18-17-27-10-4-5-11-28(27)22-29)43-42(44-40)30-19-21-32-31-12-6-8-14-35(31)45-37(32)23-30/h4-23,26H,1-3H3. The summed E-state index contributed by atoms with van der Waals surface area (Å²) in [5.41, 5.74) is 10.6. The highest BCUT2D eigenvalue weighted by Gasteiger charge is 2.27. The minimum absolute atomic E-state index is 0.0308. The summed E-state index contributed by atoms with van der Waals surface area (Å²) in [5.74, 6) is 0.617. The Labute approximate surface area is 266 Å². The van der Waals surface area contributed by atoms with Gasteiger partial charge in [-0.1, -0.05) is 91.9 Å². The topological polar surface area (TPSA) is 51.0 Å². The fourth-order valence-corrected chi connectivity index (χ4v) is 6.95.